The maximum absolute atomic E-state index is 12.4. The van der Waals surface area contributed by atoms with Gasteiger partial charge in [0, 0.05) is 18.3 Å². The normalized spacial score (nSPS) is 12.3. The number of urea groups is 1. The summed E-state index contributed by atoms with van der Waals surface area (Å²) < 4.78 is 24.7. The molecule has 0 aliphatic heterocycles. The summed E-state index contributed by atoms with van der Waals surface area (Å²) in [5.41, 5.74) is 7.03. The van der Waals surface area contributed by atoms with Crippen LogP contribution in [0, 0.1) is 0 Å². The van der Waals surface area contributed by atoms with E-state index in [1.807, 2.05) is 6.07 Å². The first-order valence-electron chi connectivity index (χ1n) is 6.24. The number of carbonyl (C=O) groups is 1. The highest BCUT2D eigenvalue weighted by Gasteiger charge is 2.17. The third-order valence-corrected chi connectivity index (χ3v) is 2.68. The van der Waals surface area contributed by atoms with Crippen molar-refractivity contribution in [1.29, 1.82) is 0 Å². The standard InChI is InChI=1S/C13H19F2N3O2/c1-9(16)10-3-2-4-11(7-10)17-13(20)18(5-6-19)8-12(14)15/h2-4,7,9,12,19H,5-6,8,16H2,1H3,(H,17,20). The topological polar surface area (TPSA) is 78.6 Å². The van der Waals surface area contributed by atoms with Gasteiger partial charge >= 0.3 is 6.03 Å². The first-order valence-corrected chi connectivity index (χ1v) is 6.24. The fourth-order valence-corrected chi connectivity index (χ4v) is 1.67. The van der Waals surface area contributed by atoms with Gasteiger partial charge in [-0.15, -0.1) is 0 Å². The molecule has 1 atom stereocenters. The molecule has 1 unspecified atom stereocenters. The number of hydrogen-bond acceptors (Lipinski definition) is 3. The van der Waals surface area contributed by atoms with E-state index in [9.17, 15) is 13.6 Å². The molecule has 112 valence electrons. The second-order valence-electron chi connectivity index (χ2n) is 4.40. The molecule has 0 fully saturated rings. The fourth-order valence-electron chi connectivity index (χ4n) is 1.67. The molecular weight excluding hydrogens is 268 g/mol. The summed E-state index contributed by atoms with van der Waals surface area (Å²) in [6.45, 7) is 0.554. The van der Waals surface area contributed by atoms with Gasteiger partial charge in [0.2, 0.25) is 0 Å². The Bertz CT molecular complexity index is 441. The van der Waals surface area contributed by atoms with Crippen molar-refractivity contribution in [2.24, 2.45) is 5.73 Å². The van der Waals surface area contributed by atoms with Gasteiger partial charge in [0.05, 0.1) is 13.2 Å². The second-order valence-corrected chi connectivity index (χ2v) is 4.40. The van der Waals surface area contributed by atoms with Gasteiger partial charge in [-0.25, -0.2) is 13.6 Å². The van der Waals surface area contributed by atoms with Crippen molar-refractivity contribution in [3.8, 4) is 0 Å². The molecule has 0 spiro atoms. The highest BCUT2D eigenvalue weighted by atomic mass is 19.3. The van der Waals surface area contributed by atoms with Crippen LogP contribution < -0.4 is 11.1 Å². The van der Waals surface area contributed by atoms with Crippen molar-refractivity contribution in [2.75, 3.05) is 25.0 Å². The van der Waals surface area contributed by atoms with Gasteiger partial charge in [0.15, 0.2) is 0 Å². The molecule has 0 bridgehead atoms. The maximum Gasteiger partial charge on any atom is 0.322 e. The highest BCUT2D eigenvalue weighted by molar-refractivity contribution is 5.89. The van der Waals surface area contributed by atoms with Crippen LogP contribution in [0.5, 0.6) is 0 Å². The molecule has 0 saturated carbocycles. The van der Waals surface area contributed by atoms with Gasteiger partial charge in [-0.05, 0) is 24.6 Å². The predicted molar refractivity (Wildman–Crippen MR) is 72.7 cm³/mol. The van der Waals surface area contributed by atoms with E-state index in [0.29, 0.717) is 5.69 Å². The number of hydrogen-bond donors (Lipinski definition) is 3. The summed E-state index contributed by atoms with van der Waals surface area (Å²) in [7, 11) is 0. The lowest BCUT2D eigenvalue weighted by atomic mass is 10.1. The van der Waals surface area contributed by atoms with E-state index in [1.54, 1.807) is 25.1 Å². The van der Waals surface area contributed by atoms with E-state index in [2.05, 4.69) is 5.32 Å². The monoisotopic (exact) mass is 287 g/mol. The zero-order valence-electron chi connectivity index (χ0n) is 11.2. The SMILES string of the molecule is CC(N)c1cccc(NC(=O)N(CCO)CC(F)F)c1. The van der Waals surface area contributed by atoms with Crippen LogP contribution in [0.25, 0.3) is 0 Å². The van der Waals surface area contributed by atoms with Crippen LogP contribution >= 0.6 is 0 Å². The molecule has 7 heteroatoms. The van der Waals surface area contributed by atoms with Crippen molar-refractivity contribution in [3.05, 3.63) is 29.8 Å². The van der Waals surface area contributed by atoms with E-state index in [0.717, 1.165) is 10.5 Å². The predicted octanol–water partition coefficient (Wildman–Crippen LogP) is 1.80. The number of nitrogens with zero attached hydrogens (tertiary/aromatic N) is 1. The molecule has 0 aliphatic carbocycles. The number of nitrogens with two attached hydrogens (primary N) is 1. The van der Waals surface area contributed by atoms with Gasteiger partial charge < -0.3 is 21.1 Å². The average molecular weight is 287 g/mol. The fraction of sp³-hybridized carbons (Fsp3) is 0.462. The van der Waals surface area contributed by atoms with E-state index < -0.39 is 19.0 Å². The molecule has 4 N–H and O–H groups in total. The van der Waals surface area contributed by atoms with Crippen LogP contribution in [-0.2, 0) is 0 Å². The van der Waals surface area contributed by atoms with Crippen molar-refractivity contribution in [1.82, 2.24) is 4.90 Å². The quantitative estimate of drug-likeness (QED) is 0.746. The lowest BCUT2D eigenvalue weighted by Crippen LogP contribution is -2.40. The lowest BCUT2D eigenvalue weighted by molar-refractivity contribution is 0.0943. The molecule has 1 aromatic rings. The van der Waals surface area contributed by atoms with Crippen LogP contribution in [0.1, 0.15) is 18.5 Å². The molecule has 0 aliphatic rings. The minimum Gasteiger partial charge on any atom is -0.395 e. The Balaban J connectivity index is 2.74. The third kappa shape index (κ3) is 5.10. The Morgan fingerprint density at radius 3 is 2.75 bits per heavy atom. The molecule has 20 heavy (non-hydrogen) atoms. The summed E-state index contributed by atoms with van der Waals surface area (Å²) in [5, 5.41) is 11.3. The Kier molecular flexibility index (Phi) is 6.33. The van der Waals surface area contributed by atoms with Crippen molar-refractivity contribution in [3.63, 3.8) is 0 Å². The molecule has 0 aromatic heterocycles. The third-order valence-electron chi connectivity index (χ3n) is 2.68. The van der Waals surface area contributed by atoms with Crippen LogP contribution in [-0.4, -0.2) is 42.2 Å². The number of carbonyl (C=O) groups excluding carboxylic acids is 1. The Morgan fingerprint density at radius 2 is 2.20 bits per heavy atom. The summed E-state index contributed by atoms with van der Waals surface area (Å²) in [4.78, 5) is 12.7. The van der Waals surface area contributed by atoms with Gasteiger partial charge in [-0.1, -0.05) is 12.1 Å². The average Bonchev–Trinajstić information content (AvgIpc) is 2.38. The number of rotatable bonds is 6. The van der Waals surface area contributed by atoms with Crippen LogP contribution in [0.4, 0.5) is 19.3 Å². The molecule has 2 amide bonds. The van der Waals surface area contributed by atoms with Gasteiger partial charge in [0.1, 0.15) is 0 Å². The summed E-state index contributed by atoms with van der Waals surface area (Å²) in [6, 6.07) is 5.98. The number of amides is 2. The summed E-state index contributed by atoms with van der Waals surface area (Å²) in [5.74, 6) is 0. The molecule has 5 nitrogen and oxygen atoms in total. The van der Waals surface area contributed by atoms with Crippen LogP contribution in [0.2, 0.25) is 0 Å². The summed E-state index contributed by atoms with van der Waals surface area (Å²) in [6.07, 6.45) is -2.65. The molecule has 0 heterocycles. The number of alkyl halides is 2. The number of benzene rings is 1. The molecule has 1 rings (SSSR count). The molecule has 0 saturated heterocycles. The number of aliphatic hydroxyl groups is 1. The Labute approximate surface area is 116 Å². The van der Waals surface area contributed by atoms with Crippen LogP contribution in [0.3, 0.4) is 0 Å². The zero-order chi connectivity index (χ0) is 15.1. The van der Waals surface area contributed by atoms with E-state index in [-0.39, 0.29) is 19.2 Å². The first kappa shape index (κ1) is 16.3. The van der Waals surface area contributed by atoms with Crippen molar-refractivity contribution >= 4 is 11.7 Å². The van der Waals surface area contributed by atoms with E-state index in [1.165, 1.54) is 0 Å². The first-order chi connectivity index (χ1) is 9.43. The number of anilines is 1. The minimum atomic E-state index is -2.65. The van der Waals surface area contributed by atoms with E-state index >= 15 is 0 Å². The molecule has 1 aromatic carbocycles. The zero-order valence-corrected chi connectivity index (χ0v) is 11.2. The number of aliphatic hydroxyl groups excluding tert-OH is 1. The second kappa shape index (κ2) is 7.76. The highest BCUT2D eigenvalue weighted by Crippen LogP contribution is 2.16. The Morgan fingerprint density at radius 1 is 1.50 bits per heavy atom. The van der Waals surface area contributed by atoms with Crippen molar-refractivity contribution < 1.29 is 18.7 Å². The lowest BCUT2D eigenvalue weighted by Gasteiger charge is -2.22. The van der Waals surface area contributed by atoms with E-state index in [4.69, 9.17) is 10.8 Å². The molecular formula is C13H19F2N3O2. The smallest absolute Gasteiger partial charge is 0.322 e. The summed E-state index contributed by atoms with van der Waals surface area (Å²) >= 11 is 0. The van der Waals surface area contributed by atoms with Gasteiger partial charge in [-0.3, -0.25) is 0 Å². The number of halogens is 2. The van der Waals surface area contributed by atoms with Gasteiger partial charge in [-0.2, -0.15) is 0 Å². The largest absolute Gasteiger partial charge is 0.395 e. The van der Waals surface area contributed by atoms with Crippen LogP contribution in [0.15, 0.2) is 24.3 Å². The van der Waals surface area contributed by atoms with Crippen molar-refractivity contribution in [2.45, 2.75) is 19.4 Å². The minimum absolute atomic E-state index is 0.150. The van der Waals surface area contributed by atoms with Gasteiger partial charge in [0.25, 0.3) is 6.43 Å². The molecule has 0 radical (unpaired) electrons. The number of nitrogens with one attached hydrogen (secondary N) is 1. The Hall–Kier alpha value is -1.73. The maximum atomic E-state index is 12.4.